The van der Waals surface area contributed by atoms with Gasteiger partial charge in [0.1, 0.15) is 0 Å². The molecule has 0 radical (unpaired) electrons. The highest BCUT2D eigenvalue weighted by atomic mass is 35.5. The number of rotatable bonds is 3. The van der Waals surface area contributed by atoms with Crippen molar-refractivity contribution in [3.05, 3.63) is 21.3 Å². The van der Waals surface area contributed by atoms with E-state index in [-0.39, 0.29) is 17.9 Å². The number of thiophene rings is 1. The normalized spacial score (nSPS) is 18.3. The number of amides is 1. The molecular weight excluding hydrogens is 230 g/mol. The van der Waals surface area contributed by atoms with Crippen molar-refractivity contribution < 1.29 is 4.79 Å². The molecule has 1 aliphatic carbocycles. The number of nitrogens with one attached hydrogen (secondary N) is 1. The largest absolute Gasteiger partial charge is 0.349 e. The maximum atomic E-state index is 11.7. The fourth-order valence-corrected chi connectivity index (χ4v) is 2.70. The fourth-order valence-electron chi connectivity index (χ4n) is 1.63. The second-order valence-electron chi connectivity index (χ2n) is 4.00. The van der Waals surface area contributed by atoms with E-state index in [0.29, 0.717) is 0 Å². The Hall–Kier alpha value is -0.540. The van der Waals surface area contributed by atoms with Gasteiger partial charge in [-0.05, 0) is 31.9 Å². The van der Waals surface area contributed by atoms with Gasteiger partial charge >= 0.3 is 0 Å². The molecule has 1 atom stereocenters. The lowest BCUT2D eigenvalue weighted by molar-refractivity contribution is -0.128. The number of carbonyl (C=O) groups is 1. The molecule has 0 saturated heterocycles. The minimum Gasteiger partial charge on any atom is -0.349 e. The quantitative estimate of drug-likeness (QED) is 0.867. The molecule has 15 heavy (non-hydrogen) atoms. The van der Waals surface area contributed by atoms with Gasteiger partial charge in [0.05, 0.1) is 10.4 Å². The van der Waals surface area contributed by atoms with Crippen molar-refractivity contribution in [3.63, 3.8) is 0 Å². The average Bonchev–Trinajstić information content (AvgIpc) is 2.48. The first-order valence-electron chi connectivity index (χ1n) is 5.22. The highest BCUT2D eigenvalue weighted by Gasteiger charge is 2.26. The van der Waals surface area contributed by atoms with E-state index in [9.17, 15) is 4.79 Å². The standard InChI is InChI=1S/C11H14ClNOS/c1-7(9-5-6-10(12)15-9)13-11(14)8-3-2-4-8/h5-8H,2-4H2,1H3,(H,13,14). The molecular formula is C11H14ClNOS. The van der Waals surface area contributed by atoms with Crippen molar-refractivity contribution in [3.8, 4) is 0 Å². The van der Waals surface area contributed by atoms with Crippen LogP contribution in [0.25, 0.3) is 0 Å². The van der Waals surface area contributed by atoms with Crippen LogP contribution in [0, 0.1) is 5.92 Å². The van der Waals surface area contributed by atoms with Crippen LogP contribution >= 0.6 is 22.9 Å². The lowest BCUT2D eigenvalue weighted by atomic mass is 9.84. The van der Waals surface area contributed by atoms with E-state index >= 15 is 0 Å². The molecule has 4 heteroatoms. The van der Waals surface area contributed by atoms with Crippen molar-refractivity contribution in [1.29, 1.82) is 0 Å². The number of hydrogen-bond donors (Lipinski definition) is 1. The van der Waals surface area contributed by atoms with E-state index in [4.69, 9.17) is 11.6 Å². The Labute approximate surface area is 98.6 Å². The second kappa shape index (κ2) is 4.54. The van der Waals surface area contributed by atoms with Crippen LogP contribution in [-0.4, -0.2) is 5.91 Å². The summed E-state index contributed by atoms with van der Waals surface area (Å²) in [4.78, 5) is 12.8. The summed E-state index contributed by atoms with van der Waals surface area (Å²) in [6.07, 6.45) is 3.28. The Morgan fingerprint density at radius 1 is 1.60 bits per heavy atom. The Balaban J connectivity index is 1.91. The number of halogens is 1. The Kier molecular flexibility index (Phi) is 3.32. The van der Waals surface area contributed by atoms with Crippen LogP contribution in [0.4, 0.5) is 0 Å². The highest BCUT2D eigenvalue weighted by Crippen LogP contribution is 2.29. The van der Waals surface area contributed by atoms with Crippen LogP contribution in [0.2, 0.25) is 4.34 Å². The zero-order valence-electron chi connectivity index (χ0n) is 8.63. The average molecular weight is 244 g/mol. The van der Waals surface area contributed by atoms with Crippen LogP contribution in [0.15, 0.2) is 12.1 Å². The van der Waals surface area contributed by atoms with E-state index in [1.165, 1.54) is 17.8 Å². The van der Waals surface area contributed by atoms with Crippen LogP contribution in [0.5, 0.6) is 0 Å². The lowest BCUT2D eigenvalue weighted by Gasteiger charge is -2.25. The summed E-state index contributed by atoms with van der Waals surface area (Å²) in [6.45, 7) is 2.00. The number of hydrogen-bond acceptors (Lipinski definition) is 2. The van der Waals surface area contributed by atoms with Gasteiger partial charge in [0.2, 0.25) is 5.91 Å². The Morgan fingerprint density at radius 2 is 2.33 bits per heavy atom. The van der Waals surface area contributed by atoms with Gasteiger partial charge in [0, 0.05) is 10.8 Å². The molecule has 82 valence electrons. The van der Waals surface area contributed by atoms with Crippen LogP contribution in [0.1, 0.15) is 37.1 Å². The summed E-state index contributed by atoms with van der Waals surface area (Å²) in [5.74, 6) is 0.446. The molecule has 1 unspecified atom stereocenters. The molecule has 2 rings (SSSR count). The first-order chi connectivity index (χ1) is 7.16. The molecule has 1 aromatic rings. The van der Waals surface area contributed by atoms with Gasteiger partial charge in [0.25, 0.3) is 0 Å². The summed E-state index contributed by atoms with van der Waals surface area (Å²) >= 11 is 7.37. The predicted octanol–water partition coefficient (Wildman–Crippen LogP) is 3.38. The van der Waals surface area contributed by atoms with E-state index in [2.05, 4.69) is 5.32 Å². The topological polar surface area (TPSA) is 29.1 Å². The van der Waals surface area contributed by atoms with Gasteiger partial charge in [0.15, 0.2) is 0 Å². The van der Waals surface area contributed by atoms with Gasteiger partial charge in [-0.15, -0.1) is 11.3 Å². The zero-order chi connectivity index (χ0) is 10.8. The monoisotopic (exact) mass is 243 g/mol. The molecule has 1 aromatic heterocycles. The minimum absolute atomic E-state index is 0.0793. The van der Waals surface area contributed by atoms with Gasteiger partial charge in [-0.25, -0.2) is 0 Å². The highest BCUT2D eigenvalue weighted by molar-refractivity contribution is 7.16. The van der Waals surface area contributed by atoms with Gasteiger partial charge < -0.3 is 5.32 Å². The smallest absolute Gasteiger partial charge is 0.223 e. The van der Waals surface area contributed by atoms with E-state index in [1.807, 2.05) is 19.1 Å². The lowest BCUT2D eigenvalue weighted by Crippen LogP contribution is -2.35. The molecule has 1 aliphatic rings. The molecule has 1 heterocycles. The van der Waals surface area contributed by atoms with Crippen LogP contribution in [0.3, 0.4) is 0 Å². The third-order valence-electron chi connectivity index (χ3n) is 2.86. The third kappa shape index (κ3) is 2.52. The maximum Gasteiger partial charge on any atom is 0.223 e. The third-order valence-corrected chi connectivity index (χ3v) is 4.27. The predicted molar refractivity (Wildman–Crippen MR) is 63.2 cm³/mol. The molecule has 2 nitrogen and oxygen atoms in total. The summed E-state index contributed by atoms with van der Waals surface area (Å²) in [6, 6.07) is 3.92. The fraction of sp³-hybridized carbons (Fsp3) is 0.545. The molecule has 1 N–H and O–H groups in total. The Morgan fingerprint density at radius 3 is 2.80 bits per heavy atom. The first-order valence-corrected chi connectivity index (χ1v) is 6.42. The summed E-state index contributed by atoms with van der Waals surface area (Å²) in [5.41, 5.74) is 0. The molecule has 0 bridgehead atoms. The van der Waals surface area contributed by atoms with Crippen molar-refractivity contribution in [2.75, 3.05) is 0 Å². The first kappa shape index (κ1) is 11.0. The van der Waals surface area contributed by atoms with Crippen LogP contribution in [-0.2, 0) is 4.79 Å². The van der Waals surface area contributed by atoms with Crippen molar-refractivity contribution in [2.24, 2.45) is 5.92 Å². The summed E-state index contributed by atoms with van der Waals surface area (Å²) in [7, 11) is 0. The SMILES string of the molecule is CC(NC(=O)C1CCC1)c1ccc(Cl)s1. The van der Waals surface area contributed by atoms with Gasteiger partial charge in [-0.1, -0.05) is 18.0 Å². The van der Waals surface area contributed by atoms with Crippen molar-refractivity contribution >= 4 is 28.8 Å². The number of carbonyl (C=O) groups excluding carboxylic acids is 1. The second-order valence-corrected chi connectivity index (χ2v) is 5.75. The minimum atomic E-state index is 0.0793. The van der Waals surface area contributed by atoms with Crippen LogP contribution < -0.4 is 5.32 Å². The molecule has 0 aliphatic heterocycles. The maximum absolute atomic E-state index is 11.7. The molecule has 0 aromatic carbocycles. The molecule has 0 spiro atoms. The molecule has 1 amide bonds. The van der Waals surface area contributed by atoms with Crippen molar-refractivity contribution in [2.45, 2.75) is 32.2 Å². The van der Waals surface area contributed by atoms with Gasteiger partial charge in [-0.2, -0.15) is 0 Å². The van der Waals surface area contributed by atoms with E-state index in [0.717, 1.165) is 22.1 Å². The summed E-state index contributed by atoms with van der Waals surface area (Å²) in [5, 5.41) is 3.02. The molecule has 1 saturated carbocycles. The Bertz CT molecular complexity index is 359. The summed E-state index contributed by atoms with van der Waals surface area (Å²) < 4.78 is 0.773. The van der Waals surface area contributed by atoms with E-state index < -0.39 is 0 Å². The zero-order valence-corrected chi connectivity index (χ0v) is 10.2. The van der Waals surface area contributed by atoms with Crippen molar-refractivity contribution in [1.82, 2.24) is 5.32 Å². The molecule has 1 fully saturated rings. The van der Waals surface area contributed by atoms with E-state index in [1.54, 1.807) is 0 Å². The van der Waals surface area contributed by atoms with Gasteiger partial charge in [-0.3, -0.25) is 4.79 Å².